The lowest BCUT2D eigenvalue weighted by Crippen LogP contribution is -2.39. The number of nitrogens with zero attached hydrogens (tertiary/aromatic N) is 1. The fourth-order valence-corrected chi connectivity index (χ4v) is 1.67. The number of halogens is 1. The van der Waals surface area contributed by atoms with E-state index >= 15 is 0 Å². The van der Waals surface area contributed by atoms with Crippen LogP contribution in [0, 0.1) is 5.82 Å². The molecule has 9 heteroatoms. The molecule has 0 saturated heterocycles. The van der Waals surface area contributed by atoms with Crippen LogP contribution in [0.25, 0.3) is 0 Å². The summed E-state index contributed by atoms with van der Waals surface area (Å²) in [7, 11) is 0. The molecule has 1 rings (SSSR count). The van der Waals surface area contributed by atoms with E-state index in [4.69, 9.17) is 14.6 Å². The minimum Gasteiger partial charge on any atom is -0.478 e. The van der Waals surface area contributed by atoms with E-state index in [1.807, 2.05) is 0 Å². The van der Waals surface area contributed by atoms with E-state index in [2.05, 4.69) is 10.3 Å². The zero-order valence-corrected chi connectivity index (χ0v) is 13.8. The van der Waals surface area contributed by atoms with Crippen molar-refractivity contribution in [2.24, 2.45) is 0 Å². The van der Waals surface area contributed by atoms with E-state index in [0.717, 1.165) is 6.20 Å². The molecule has 24 heavy (non-hydrogen) atoms. The number of aromatic nitrogens is 1. The Morgan fingerprint density at radius 1 is 1.38 bits per heavy atom. The maximum absolute atomic E-state index is 14.1. The molecule has 0 fully saturated rings. The zero-order chi connectivity index (χ0) is 18.5. The van der Waals surface area contributed by atoms with Gasteiger partial charge in [0.25, 0.3) is 0 Å². The maximum atomic E-state index is 14.1. The zero-order valence-electron chi connectivity index (χ0n) is 13.8. The van der Waals surface area contributed by atoms with Crippen LogP contribution in [0.15, 0.2) is 12.3 Å². The highest BCUT2D eigenvalue weighted by Gasteiger charge is 2.30. The Bertz CT molecular complexity index is 641. The molecule has 0 aromatic carbocycles. The molecule has 0 spiro atoms. The van der Waals surface area contributed by atoms with E-state index in [0.29, 0.717) is 6.07 Å². The number of carboxylic acid groups (broad SMARTS) is 1. The second-order valence-corrected chi connectivity index (χ2v) is 5.73. The lowest BCUT2D eigenvalue weighted by molar-refractivity contribution is -0.146. The van der Waals surface area contributed by atoms with Crippen molar-refractivity contribution >= 4 is 18.0 Å². The van der Waals surface area contributed by atoms with Crippen molar-refractivity contribution in [2.45, 2.75) is 39.3 Å². The number of esters is 1. The van der Waals surface area contributed by atoms with E-state index < -0.39 is 46.7 Å². The quantitative estimate of drug-likeness (QED) is 0.787. The largest absolute Gasteiger partial charge is 0.478 e. The normalized spacial score (nSPS) is 12.2. The number of rotatable bonds is 5. The van der Waals surface area contributed by atoms with Crippen LogP contribution < -0.4 is 5.32 Å². The number of carboxylic acids is 1. The molecule has 1 unspecified atom stereocenters. The first-order valence-electron chi connectivity index (χ1n) is 7.10. The van der Waals surface area contributed by atoms with Crippen LogP contribution in [0.2, 0.25) is 0 Å². The molecule has 1 amide bonds. The van der Waals surface area contributed by atoms with Crippen molar-refractivity contribution in [3.8, 4) is 0 Å². The van der Waals surface area contributed by atoms with Gasteiger partial charge in [-0.05, 0) is 33.8 Å². The van der Waals surface area contributed by atoms with Crippen LogP contribution in [0.1, 0.15) is 49.8 Å². The van der Waals surface area contributed by atoms with Crippen LogP contribution in [-0.4, -0.2) is 40.3 Å². The lowest BCUT2D eigenvalue weighted by Gasteiger charge is -2.22. The van der Waals surface area contributed by atoms with Crippen LogP contribution in [-0.2, 0) is 14.3 Å². The average molecular weight is 342 g/mol. The minimum absolute atomic E-state index is 0.000159. The number of ether oxygens (including phenoxy) is 2. The van der Waals surface area contributed by atoms with Crippen LogP contribution >= 0.6 is 0 Å². The predicted molar refractivity (Wildman–Crippen MR) is 79.9 cm³/mol. The van der Waals surface area contributed by atoms with Gasteiger partial charge >= 0.3 is 18.0 Å². The first-order chi connectivity index (χ1) is 11.0. The van der Waals surface area contributed by atoms with Gasteiger partial charge in [0.05, 0.1) is 12.2 Å². The third-order valence-corrected chi connectivity index (χ3v) is 2.57. The molecule has 0 aliphatic carbocycles. The smallest absolute Gasteiger partial charge is 0.408 e. The van der Waals surface area contributed by atoms with Crippen molar-refractivity contribution in [3.05, 3.63) is 29.3 Å². The monoisotopic (exact) mass is 342 g/mol. The highest BCUT2D eigenvalue weighted by molar-refractivity contribution is 5.87. The van der Waals surface area contributed by atoms with Crippen molar-refractivity contribution < 1.29 is 33.4 Å². The van der Waals surface area contributed by atoms with E-state index in [9.17, 15) is 18.8 Å². The number of hydrogen-bond acceptors (Lipinski definition) is 6. The molecule has 0 bridgehead atoms. The molecule has 1 atom stereocenters. The SMILES string of the molecule is CCOC(=O)C(NC(=O)OC(C)(C)C)c1ncc(C(=O)O)cc1F. The molecule has 132 valence electrons. The molecule has 0 aliphatic rings. The van der Waals surface area contributed by atoms with Gasteiger partial charge in [-0.2, -0.15) is 0 Å². The summed E-state index contributed by atoms with van der Waals surface area (Å²) in [5, 5.41) is 11.0. The number of hydrogen-bond donors (Lipinski definition) is 2. The summed E-state index contributed by atoms with van der Waals surface area (Å²) >= 11 is 0. The summed E-state index contributed by atoms with van der Waals surface area (Å²) in [6.07, 6.45) is -0.0897. The maximum Gasteiger partial charge on any atom is 0.408 e. The van der Waals surface area contributed by atoms with Gasteiger partial charge in [-0.25, -0.2) is 18.8 Å². The number of nitrogens with one attached hydrogen (secondary N) is 1. The highest BCUT2D eigenvalue weighted by atomic mass is 19.1. The molecular formula is C15H19FN2O6. The standard InChI is InChI=1S/C15H19FN2O6/c1-5-23-13(21)11(18-14(22)24-15(2,3)4)10-9(16)6-8(7-17-10)12(19)20/h6-7,11H,5H2,1-4H3,(H,18,22)(H,19,20). The van der Waals surface area contributed by atoms with Crippen molar-refractivity contribution in [1.82, 2.24) is 10.3 Å². The highest BCUT2D eigenvalue weighted by Crippen LogP contribution is 2.19. The van der Waals surface area contributed by atoms with Crippen molar-refractivity contribution in [3.63, 3.8) is 0 Å². The van der Waals surface area contributed by atoms with Gasteiger partial charge in [0.1, 0.15) is 17.1 Å². The number of alkyl carbamates (subject to hydrolysis) is 1. The Kier molecular flexibility index (Phi) is 6.21. The number of aromatic carboxylic acids is 1. The molecule has 0 radical (unpaired) electrons. The van der Waals surface area contributed by atoms with Crippen LogP contribution in [0.5, 0.6) is 0 Å². The van der Waals surface area contributed by atoms with Gasteiger partial charge in [-0.15, -0.1) is 0 Å². The van der Waals surface area contributed by atoms with Crippen LogP contribution in [0.4, 0.5) is 9.18 Å². The first-order valence-corrected chi connectivity index (χ1v) is 7.10. The second-order valence-electron chi connectivity index (χ2n) is 5.73. The number of amides is 1. The second kappa shape index (κ2) is 7.71. The van der Waals surface area contributed by atoms with Gasteiger partial charge < -0.3 is 19.9 Å². The van der Waals surface area contributed by atoms with E-state index in [-0.39, 0.29) is 6.61 Å². The Balaban J connectivity index is 3.12. The van der Waals surface area contributed by atoms with E-state index in [1.165, 1.54) is 0 Å². The molecule has 1 heterocycles. The number of carbonyl (C=O) groups excluding carboxylic acids is 2. The van der Waals surface area contributed by atoms with Gasteiger partial charge in [0.15, 0.2) is 6.04 Å². The summed E-state index contributed by atoms with van der Waals surface area (Å²) in [5.74, 6) is -3.39. The molecule has 0 saturated carbocycles. The summed E-state index contributed by atoms with van der Waals surface area (Å²) in [6, 6.07) is -0.865. The Morgan fingerprint density at radius 3 is 2.46 bits per heavy atom. The van der Waals surface area contributed by atoms with Gasteiger partial charge in [0, 0.05) is 6.20 Å². The Morgan fingerprint density at radius 2 is 2.00 bits per heavy atom. The molecular weight excluding hydrogens is 323 g/mol. The predicted octanol–water partition coefficient (Wildman–Crippen LogP) is 2.05. The number of carbonyl (C=O) groups is 3. The summed E-state index contributed by atoms with van der Waals surface area (Å²) in [6.45, 7) is 6.39. The third kappa shape index (κ3) is 5.49. The van der Waals surface area contributed by atoms with E-state index in [1.54, 1.807) is 27.7 Å². The molecule has 8 nitrogen and oxygen atoms in total. The summed E-state index contributed by atoms with van der Waals surface area (Å²) < 4.78 is 23.9. The third-order valence-electron chi connectivity index (χ3n) is 2.57. The van der Waals surface area contributed by atoms with Gasteiger partial charge in [0.2, 0.25) is 0 Å². The molecule has 0 aliphatic heterocycles. The van der Waals surface area contributed by atoms with Crippen molar-refractivity contribution in [1.29, 1.82) is 0 Å². The summed E-state index contributed by atoms with van der Waals surface area (Å²) in [5.41, 5.74) is -1.69. The fourth-order valence-electron chi connectivity index (χ4n) is 1.67. The first kappa shape index (κ1) is 19.3. The Hall–Kier alpha value is -2.71. The fraction of sp³-hybridized carbons (Fsp3) is 0.467. The Labute approximate surface area is 138 Å². The van der Waals surface area contributed by atoms with Crippen LogP contribution in [0.3, 0.4) is 0 Å². The molecule has 2 N–H and O–H groups in total. The van der Waals surface area contributed by atoms with Crippen molar-refractivity contribution in [2.75, 3.05) is 6.61 Å². The summed E-state index contributed by atoms with van der Waals surface area (Å²) in [4.78, 5) is 38.3. The number of pyridine rings is 1. The molecule has 1 aromatic rings. The van der Waals surface area contributed by atoms with Gasteiger partial charge in [-0.3, -0.25) is 4.98 Å². The lowest BCUT2D eigenvalue weighted by atomic mass is 10.1. The molecule has 1 aromatic heterocycles. The topological polar surface area (TPSA) is 115 Å². The van der Waals surface area contributed by atoms with Gasteiger partial charge in [-0.1, -0.05) is 0 Å². The minimum atomic E-state index is -1.57. The average Bonchev–Trinajstić information content (AvgIpc) is 2.43.